The summed E-state index contributed by atoms with van der Waals surface area (Å²) in [4.78, 5) is 8.24. The van der Waals surface area contributed by atoms with Crippen LogP contribution in [0.2, 0.25) is 5.02 Å². The number of hydrogen-bond donors (Lipinski definition) is 0. The molecule has 3 aromatic rings. The molecule has 0 N–H and O–H groups in total. The molecule has 0 saturated heterocycles. The number of aromatic nitrogens is 5. The van der Waals surface area contributed by atoms with Crippen molar-refractivity contribution in [3.05, 3.63) is 47.0 Å². The highest BCUT2D eigenvalue weighted by molar-refractivity contribution is 7.91. The number of methoxy groups -OCH3 is 3. The van der Waals surface area contributed by atoms with Gasteiger partial charge in [-0.25, -0.2) is 18.4 Å². The third-order valence-corrected chi connectivity index (χ3v) is 7.52. The van der Waals surface area contributed by atoms with Crippen molar-refractivity contribution >= 4 is 21.4 Å². The van der Waals surface area contributed by atoms with Crippen molar-refractivity contribution in [3.63, 3.8) is 0 Å². The molecule has 0 radical (unpaired) electrons. The molecule has 0 fully saturated rings. The number of halogens is 1. The number of furan rings is 1. The van der Waals surface area contributed by atoms with Gasteiger partial charge in [0.25, 0.3) is 0 Å². The second-order valence-corrected chi connectivity index (χ2v) is 10.5. The first-order chi connectivity index (χ1) is 16.2. The SMILES string of the molecule is COCC(COC)n1c(CS(=O)(=O)[C@@H](C)[C@H](OC)c2ncc(Cl)cn2)nnc1-c1ccc(C)o1. The normalized spacial score (nSPS) is 14.0. The van der Waals surface area contributed by atoms with E-state index in [0.717, 1.165) is 0 Å². The summed E-state index contributed by atoms with van der Waals surface area (Å²) in [5.41, 5.74) is 0. The maximum absolute atomic E-state index is 13.5. The molecule has 0 aliphatic heterocycles. The van der Waals surface area contributed by atoms with Crippen LogP contribution in [0.4, 0.5) is 0 Å². The Morgan fingerprint density at radius 3 is 2.26 bits per heavy atom. The predicted molar refractivity (Wildman–Crippen MR) is 124 cm³/mol. The van der Waals surface area contributed by atoms with Gasteiger partial charge in [0, 0.05) is 33.7 Å². The maximum atomic E-state index is 13.5. The van der Waals surface area contributed by atoms with Crippen LogP contribution in [-0.2, 0) is 29.8 Å². The molecule has 3 heterocycles. The molecule has 0 bridgehead atoms. The van der Waals surface area contributed by atoms with E-state index in [1.807, 2.05) is 6.92 Å². The number of aryl methyl sites for hydroxylation is 1. The number of sulfone groups is 1. The molecule has 2 atom stereocenters. The highest BCUT2D eigenvalue weighted by atomic mass is 35.5. The summed E-state index contributed by atoms with van der Waals surface area (Å²) < 4.78 is 50.5. The van der Waals surface area contributed by atoms with E-state index in [9.17, 15) is 8.42 Å². The van der Waals surface area contributed by atoms with Crippen molar-refractivity contribution in [2.45, 2.75) is 37.0 Å². The zero-order valence-electron chi connectivity index (χ0n) is 19.6. The summed E-state index contributed by atoms with van der Waals surface area (Å²) in [7, 11) is 0.705. The summed E-state index contributed by atoms with van der Waals surface area (Å²) >= 11 is 5.86. The molecule has 3 aromatic heterocycles. The minimum absolute atomic E-state index is 0.216. The van der Waals surface area contributed by atoms with Gasteiger partial charge in [-0.15, -0.1) is 10.2 Å². The molecule has 0 amide bonds. The van der Waals surface area contributed by atoms with Crippen LogP contribution in [0.15, 0.2) is 28.9 Å². The van der Waals surface area contributed by atoms with E-state index in [-0.39, 0.29) is 30.9 Å². The average molecular weight is 514 g/mol. The summed E-state index contributed by atoms with van der Waals surface area (Å²) in [5, 5.41) is 7.79. The molecule has 0 spiro atoms. The average Bonchev–Trinajstić information content (AvgIpc) is 3.41. The van der Waals surface area contributed by atoms with Crippen LogP contribution in [0.1, 0.15) is 36.5 Å². The Kier molecular flexibility index (Phi) is 8.77. The highest BCUT2D eigenvalue weighted by Crippen LogP contribution is 2.29. The molecular weight excluding hydrogens is 486 g/mol. The lowest BCUT2D eigenvalue weighted by atomic mass is 10.2. The van der Waals surface area contributed by atoms with Gasteiger partial charge in [-0.3, -0.25) is 4.57 Å². The zero-order valence-corrected chi connectivity index (χ0v) is 21.2. The molecule has 11 nitrogen and oxygen atoms in total. The number of rotatable bonds is 12. The van der Waals surface area contributed by atoms with Gasteiger partial charge < -0.3 is 18.6 Å². The van der Waals surface area contributed by atoms with Gasteiger partial charge in [0.2, 0.25) is 0 Å². The van der Waals surface area contributed by atoms with E-state index < -0.39 is 26.9 Å². The molecular formula is C21H28ClN5O6S. The van der Waals surface area contributed by atoms with Crippen LogP contribution in [-0.4, -0.2) is 72.9 Å². The first kappa shape index (κ1) is 26.2. The van der Waals surface area contributed by atoms with E-state index in [1.54, 1.807) is 37.8 Å². The Hall–Kier alpha value is -2.38. The zero-order chi connectivity index (χ0) is 24.9. The van der Waals surface area contributed by atoms with Crippen molar-refractivity contribution in [2.24, 2.45) is 0 Å². The molecule has 186 valence electrons. The monoisotopic (exact) mass is 513 g/mol. The lowest BCUT2D eigenvalue weighted by molar-refractivity contribution is 0.0886. The summed E-state index contributed by atoms with van der Waals surface area (Å²) in [6.45, 7) is 3.85. The number of ether oxygens (including phenoxy) is 3. The van der Waals surface area contributed by atoms with Crippen molar-refractivity contribution in [1.29, 1.82) is 0 Å². The maximum Gasteiger partial charge on any atom is 0.200 e. The lowest BCUT2D eigenvalue weighted by Gasteiger charge is -2.23. The molecule has 13 heteroatoms. The Labute approximate surface area is 203 Å². The molecule has 3 rings (SSSR count). The van der Waals surface area contributed by atoms with Crippen LogP contribution >= 0.6 is 11.6 Å². The Morgan fingerprint density at radius 1 is 1.09 bits per heavy atom. The van der Waals surface area contributed by atoms with Crippen molar-refractivity contribution in [2.75, 3.05) is 34.5 Å². The molecule has 34 heavy (non-hydrogen) atoms. The van der Waals surface area contributed by atoms with Gasteiger partial charge in [0.15, 0.2) is 27.2 Å². The van der Waals surface area contributed by atoms with Crippen molar-refractivity contribution in [3.8, 4) is 11.6 Å². The minimum atomic E-state index is -3.81. The molecule has 0 aliphatic rings. The fourth-order valence-corrected chi connectivity index (χ4v) is 5.11. The lowest BCUT2D eigenvalue weighted by Crippen LogP contribution is -2.31. The van der Waals surface area contributed by atoms with Crippen LogP contribution in [0.5, 0.6) is 0 Å². The second kappa shape index (κ2) is 11.4. The largest absolute Gasteiger partial charge is 0.458 e. The van der Waals surface area contributed by atoms with Crippen molar-refractivity contribution in [1.82, 2.24) is 24.7 Å². The van der Waals surface area contributed by atoms with E-state index in [2.05, 4.69) is 20.2 Å². The Balaban J connectivity index is 1.99. The smallest absolute Gasteiger partial charge is 0.200 e. The van der Waals surface area contributed by atoms with Crippen LogP contribution in [0.3, 0.4) is 0 Å². The summed E-state index contributed by atoms with van der Waals surface area (Å²) in [5.74, 6) is 1.57. The van der Waals surface area contributed by atoms with E-state index in [0.29, 0.717) is 22.4 Å². The minimum Gasteiger partial charge on any atom is -0.458 e. The van der Waals surface area contributed by atoms with E-state index >= 15 is 0 Å². The van der Waals surface area contributed by atoms with E-state index in [1.165, 1.54) is 19.5 Å². The van der Waals surface area contributed by atoms with Gasteiger partial charge >= 0.3 is 0 Å². The van der Waals surface area contributed by atoms with Gasteiger partial charge in [0.1, 0.15) is 23.4 Å². The van der Waals surface area contributed by atoms with Crippen LogP contribution in [0, 0.1) is 6.92 Å². The first-order valence-corrected chi connectivity index (χ1v) is 12.5. The second-order valence-electron chi connectivity index (χ2n) is 7.71. The molecule has 0 aliphatic carbocycles. The molecule has 0 saturated carbocycles. The Morgan fingerprint density at radius 2 is 1.74 bits per heavy atom. The fourth-order valence-electron chi connectivity index (χ4n) is 3.59. The van der Waals surface area contributed by atoms with Gasteiger partial charge in [-0.05, 0) is 26.0 Å². The third kappa shape index (κ3) is 5.81. The van der Waals surface area contributed by atoms with Gasteiger partial charge in [0.05, 0.1) is 29.5 Å². The van der Waals surface area contributed by atoms with Gasteiger partial charge in [-0.2, -0.15) is 0 Å². The number of hydrogen-bond acceptors (Lipinski definition) is 10. The summed E-state index contributed by atoms with van der Waals surface area (Å²) in [6, 6.07) is 3.17. The highest BCUT2D eigenvalue weighted by Gasteiger charge is 2.35. The van der Waals surface area contributed by atoms with Gasteiger partial charge in [-0.1, -0.05) is 11.6 Å². The standard InChI is InChI=1S/C21H28ClN5O6S/c1-13-6-7-17(33-13)21-26-25-18(27(21)16(10-30-3)11-31-4)12-34(28,29)14(2)19(32-5)20-23-8-15(22)9-24-20/h6-9,14,16,19H,10-12H2,1-5H3/t14-,19-/m0/s1. The fraction of sp³-hybridized carbons (Fsp3) is 0.524. The molecule has 0 unspecified atom stereocenters. The number of nitrogens with zero attached hydrogens (tertiary/aromatic N) is 5. The summed E-state index contributed by atoms with van der Waals surface area (Å²) in [6.07, 6.45) is 1.88. The van der Waals surface area contributed by atoms with Crippen LogP contribution < -0.4 is 0 Å². The topological polar surface area (TPSA) is 131 Å². The van der Waals surface area contributed by atoms with E-state index in [4.69, 9.17) is 30.2 Å². The Bertz CT molecular complexity index is 1170. The van der Waals surface area contributed by atoms with Crippen molar-refractivity contribution < 1.29 is 27.0 Å². The molecule has 0 aromatic carbocycles. The first-order valence-electron chi connectivity index (χ1n) is 10.4. The third-order valence-electron chi connectivity index (χ3n) is 5.28. The quantitative estimate of drug-likeness (QED) is 0.356. The predicted octanol–water partition coefficient (Wildman–Crippen LogP) is 2.81. The van der Waals surface area contributed by atoms with Crippen LogP contribution in [0.25, 0.3) is 11.6 Å².